The molecule has 0 nitrogen and oxygen atoms in total. The molecule has 1 heteroatoms. The van der Waals surface area contributed by atoms with Gasteiger partial charge >= 0.3 is 0 Å². The Morgan fingerprint density at radius 2 is 1.90 bits per heavy atom. The Morgan fingerprint density at radius 1 is 1.20 bits per heavy atom. The topological polar surface area (TPSA) is 0 Å². The molecule has 0 heterocycles. The summed E-state index contributed by atoms with van der Waals surface area (Å²) in [6.45, 7) is 10.8. The average molecular weight is 286 g/mol. The van der Waals surface area contributed by atoms with E-state index < -0.39 is 0 Å². The first kappa shape index (κ1) is 16.8. The lowest BCUT2D eigenvalue weighted by Crippen LogP contribution is -2.13. The number of rotatable bonds is 5. The first-order valence-corrected chi connectivity index (χ1v) is 7.76. The second kappa shape index (κ2) is 8.16. The van der Waals surface area contributed by atoms with Gasteiger partial charge in [0.15, 0.2) is 0 Å². The summed E-state index contributed by atoms with van der Waals surface area (Å²) in [5.41, 5.74) is 3.88. The second-order valence-electron chi connectivity index (χ2n) is 5.94. The Bertz CT molecular complexity index is 484. The maximum absolute atomic E-state index is 5.02. The summed E-state index contributed by atoms with van der Waals surface area (Å²) in [5.74, 6) is 1.43. The molecule has 108 valence electrons. The fourth-order valence-electron chi connectivity index (χ4n) is 2.30. The van der Waals surface area contributed by atoms with Crippen LogP contribution in [0.15, 0.2) is 59.3 Å². The Morgan fingerprint density at radius 3 is 2.50 bits per heavy atom. The Labute approximate surface area is 129 Å². The highest BCUT2D eigenvalue weighted by Crippen LogP contribution is 2.30. The van der Waals surface area contributed by atoms with Crippen LogP contribution in [0.4, 0.5) is 0 Å². The predicted molar refractivity (Wildman–Crippen MR) is 95.0 cm³/mol. The zero-order valence-electron chi connectivity index (χ0n) is 13.3. The van der Waals surface area contributed by atoms with E-state index in [0.29, 0.717) is 17.8 Å². The van der Waals surface area contributed by atoms with Crippen molar-refractivity contribution in [3.8, 4) is 0 Å². The van der Waals surface area contributed by atoms with Crippen molar-refractivity contribution < 1.29 is 0 Å². The Kier molecular flexibility index (Phi) is 6.87. The van der Waals surface area contributed by atoms with Gasteiger partial charge in [0.1, 0.15) is 0 Å². The molecule has 0 spiro atoms. The van der Waals surface area contributed by atoms with Crippen LogP contribution in [-0.4, -0.2) is 5.37 Å². The van der Waals surface area contributed by atoms with Gasteiger partial charge in [-0.25, -0.2) is 0 Å². The van der Waals surface area contributed by atoms with Crippen molar-refractivity contribution in [3.63, 3.8) is 0 Å². The van der Waals surface area contributed by atoms with Gasteiger partial charge in [-0.3, -0.25) is 0 Å². The molecule has 1 rings (SSSR count). The predicted octanol–water partition coefficient (Wildman–Crippen LogP) is 5.84. The molecule has 0 bridgehead atoms. The van der Waals surface area contributed by atoms with Crippen molar-refractivity contribution in [2.45, 2.75) is 34.6 Å². The van der Waals surface area contributed by atoms with Crippen molar-refractivity contribution in [1.82, 2.24) is 0 Å². The SMILES string of the molecule is CC1=CC=CC(/C=C(C)/C=C\C(C)C)C1/C=C(\C)C=S. The largest absolute Gasteiger partial charge is 0.0885 e. The van der Waals surface area contributed by atoms with Gasteiger partial charge in [-0.2, -0.15) is 0 Å². The van der Waals surface area contributed by atoms with E-state index in [-0.39, 0.29) is 0 Å². The minimum Gasteiger partial charge on any atom is -0.0885 e. The summed E-state index contributed by atoms with van der Waals surface area (Å²) >= 11 is 5.02. The Hall–Kier alpha value is -1.21. The van der Waals surface area contributed by atoms with Gasteiger partial charge in [-0.05, 0) is 32.3 Å². The molecule has 20 heavy (non-hydrogen) atoms. The highest BCUT2D eigenvalue weighted by molar-refractivity contribution is 7.79. The van der Waals surface area contributed by atoms with E-state index in [9.17, 15) is 0 Å². The summed E-state index contributed by atoms with van der Waals surface area (Å²) in [5, 5.41) is 1.76. The summed E-state index contributed by atoms with van der Waals surface area (Å²) in [6.07, 6.45) is 15.7. The van der Waals surface area contributed by atoms with Gasteiger partial charge in [-0.15, -0.1) is 0 Å². The van der Waals surface area contributed by atoms with Crippen LogP contribution >= 0.6 is 12.2 Å². The molecule has 1 aliphatic carbocycles. The fourth-order valence-corrected chi connectivity index (χ4v) is 2.38. The summed E-state index contributed by atoms with van der Waals surface area (Å²) in [6, 6.07) is 0. The highest BCUT2D eigenvalue weighted by atomic mass is 32.1. The van der Waals surface area contributed by atoms with E-state index in [1.807, 2.05) is 0 Å². The molecule has 0 N–H and O–H groups in total. The smallest absolute Gasteiger partial charge is 0.00810 e. The van der Waals surface area contributed by atoms with Crippen LogP contribution in [0.25, 0.3) is 0 Å². The van der Waals surface area contributed by atoms with Crippen LogP contribution in [0.2, 0.25) is 0 Å². The van der Waals surface area contributed by atoms with Crippen LogP contribution in [-0.2, 0) is 0 Å². The van der Waals surface area contributed by atoms with Gasteiger partial charge in [0, 0.05) is 17.2 Å². The molecule has 0 aromatic carbocycles. The number of hydrogen-bond donors (Lipinski definition) is 0. The van der Waals surface area contributed by atoms with Gasteiger partial charge in [0.2, 0.25) is 0 Å². The van der Waals surface area contributed by atoms with Gasteiger partial charge in [-0.1, -0.05) is 79.7 Å². The summed E-state index contributed by atoms with van der Waals surface area (Å²) in [7, 11) is 0. The normalized spacial score (nSPS) is 24.4. The molecular formula is C19H26S. The lowest BCUT2D eigenvalue weighted by atomic mass is 9.81. The van der Waals surface area contributed by atoms with E-state index in [2.05, 4.69) is 77.2 Å². The molecular weight excluding hydrogens is 260 g/mol. The molecule has 0 saturated carbocycles. The number of allylic oxidation sites excluding steroid dienone is 10. The van der Waals surface area contributed by atoms with Crippen molar-refractivity contribution >= 4 is 17.6 Å². The van der Waals surface area contributed by atoms with Gasteiger partial charge in [0.25, 0.3) is 0 Å². The van der Waals surface area contributed by atoms with Crippen LogP contribution in [0.5, 0.6) is 0 Å². The van der Waals surface area contributed by atoms with Crippen LogP contribution < -0.4 is 0 Å². The highest BCUT2D eigenvalue weighted by Gasteiger charge is 2.19. The maximum Gasteiger partial charge on any atom is 0.00810 e. The van der Waals surface area contributed by atoms with E-state index in [0.717, 1.165) is 0 Å². The summed E-state index contributed by atoms with van der Waals surface area (Å²) in [4.78, 5) is 0. The van der Waals surface area contributed by atoms with Crippen LogP contribution in [0.1, 0.15) is 34.6 Å². The van der Waals surface area contributed by atoms with E-state index >= 15 is 0 Å². The first-order valence-electron chi connectivity index (χ1n) is 7.29. The van der Waals surface area contributed by atoms with Crippen molar-refractivity contribution in [2.75, 3.05) is 0 Å². The van der Waals surface area contributed by atoms with E-state index in [4.69, 9.17) is 12.2 Å². The fraction of sp³-hybridized carbons (Fsp3) is 0.421. The minimum absolute atomic E-state index is 0.418. The monoisotopic (exact) mass is 286 g/mol. The molecule has 0 fully saturated rings. The third kappa shape index (κ3) is 5.42. The third-order valence-electron chi connectivity index (χ3n) is 3.46. The first-order chi connectivity index (χ1) is 9.43. The third-order valence-corrected chi connectivity index (χ3v) is 3.83. The molecule has 0 aromatic heterocycles. The molecule has 1 aliphatic rings. The number of thiocarbonyl (C=S) groups is 1. The zero-order valence-corrected chi connectivity index (χ0v) is 14.1. The standard InChI is InChI=1S/C19H26S/c1-14(2)9-10-15(3)11-18-8-6-7-17(5)19(18)12-16(4)13-20/h6-14,18-19H,1-5H3/b10-9-,15-11+,16-12+. The summed E-state index contributed by atoms with van der Waals surface area (Å²) < 4.78 is 0. The minimum atomic E-state index is 0.418. The maximum atomic E-state index is 5.02. The van der Waals surface area contributed by atoms with Gasteiger partial charge in [0.05, 0.1) is 0 Å². The molecule has 0 saturated heterocycles. The molecule has 2 atom stereocenters. The average Bonchev–Trinajstić information content (AvgIpc) is 2.40. The Balaban J connectivity index is 2.97. The molecule has 0 radical (unpaired) electrons. The molecule has 0 aliphatic heterocycles. The van der Waals surface area contributed by atoms with Crippen LogP contribution in [0, 0.1) is 17.8 Å². The van der Waals surface area contributed by atoms with Crippen LogP contribution in [0.3, 0.4) is 0 Å². The lowest BCUT2D eigenvalue weighted by molar-refractivity contribution is 0.626. The molecule has 0 aromatic rings. The van der Waals surface area contributed by atoms with Crippen molar-refractivity contribution in [3.05, 3.63) is 59.3 Å². The van der Waals surface area contributed by atoms with E-state index in [1.54, 1.807) is 5.37 Å². The second-order valence-corrected chi connectivity index (χ2v) is 6.18. The van der Waals surface area contributed by atoms with Crippen molar-refractivity contribution in [1.29, 1.82) is 0 Å². The quantitative estimate of drug-likeness (QED) is 0.347. The van der Waals surface area contributed by atoms with E-state index in [1.165, 1.54) is 16.7 Å². The molecule has 0 amide bonds. The number of hydrogen-bond acceptors (Lipinski definition) is 1. The lowest BCUT2D eigenvalue weighted by Gasteiger charge is -2.24. The molecule has 2 unspecified atom stereocenters. The van der Waals surface area contributed by atoms with Gasteiger partial charge < -0.3 is 0 Å². The zero-order chi connectivity index (χ0) is 15.1. The van der Waals surface area contributed by atoms with Crippen molar-refractivity contribution in [2.24, 2.45) is 17.8 Å².